The number of nitrogens with zero attached hydrogens (tertiary/aromatic N) is 1. The van der Waals surface area contributed by atoms with E-state index in [0.717, 1.165) is 5.56 Å². The first-order valence-corrected chi connectivity index (χ1v) is 5.89. The van der Waals surface area contributed by atoms with Crippen molar-refractivity contribution in [2.24, 2.45) is 0 Å². The number of hydrogen-bond acceptors (Lipinski definition) is 3. The summed E-state index contributed by atoms with van der Waals surface area (Å²) in [5.74, 6) is -0.319. The minimum Gasteiger partial charge on any atom is -0.447 e. The van der Waals surface area contributed by atoms with Crippen LogP contribution in [0.15, 0.2) is 42.5 Å². The molecule has 1 aromatic carbocycles. The largest absolute Gasteiger partial charge is 0.447 e. The summed E-state index contributed by atoms with van der Waals surface area (Å²) in [4.78, 5) is 24.5. The second-order valence-corrected chi connectivity index (χ2v) is 4.13. The van der Waals surface area contributed by atoms with Crippen molar-refractivity contribution >= 4 is 12.0 Å². The van der Waals surface area contributed by atoms with E-state index in [0.29, 0.717) is 6.42 Å². The van der Waals surface area contributed by atoms with Crippen LogP contribution in [-0.2, 0) is 16.0 Å². The summed E-state index contributed by atoms with van der Waals surface area (Å²) < 4.78 is 4.95. The standard InChI is InChI=1S/C14H15NO3/c1-2-6-13(16)15-12(10-18-14(15)17)9-11-7-4-3-5-8-11/h2-8,12H,9-10H2,1H3. The Morgan fingerprint density at radius 2 is 2.17 bits per heavy atom. The van der Waals surface area contributed by atoms with E-state index in [2.05, 4.69) is 0 Å². The van der Waals surface area contributed by atoms with Gasteiger partial charge >= 0.3 is 6.09 Å². The number of carbonyl (C=O) groups is 2. The van der Waals surface area contributed by atoms with Gasteiger partial charge in [0.25, 0.3) is 5.91 Å². The van der Waals surface area contributed by atoms with Crippen molar-refractivity contribution in [3.05, 3.63) is 48.0 Å². The summed E-state index contributed by atoms with van der Waals surface area (Å²) in [5, 5.41) is 0. The molecular formula is C14H15NO3. The fourth-order valence-electron chi connectivity index (χ4n) is 1.99. The van der Waals surface area contributed by atoms with Gasteiger partial charge in [-0.1, -0.05) is 36.4 Å². The highest BCUT2D eigenvalue weighted by atomic mass is 16.6. The molecular weight excluding hydrogens is 230 g/mol. The van der Waals surface area contributed by atoms with Gasteiger partial charge in [-0.15, -0.1) is 0 Å². The molecule has 0 saturated carbocycles. The predicted octanol–water partition coefficient (Wildman–Crippen LogP) is 2.15. The lowest BCUT2D eigenvalue weighted by molar-refractivity contribution is -0.124. The van der Waals surface area contributed by atoms with Gasteiger partial charge in [-0.2, -0.15) is 0 Å². The minimum atomic E-state index is -0.556. The average Bonchev–Trinajstić information content (AvgIpc) is 2.72. The van der Waals surface area contributed by atoms with E-state index in [-0.39, 0.29) is 18.6 Å². The lowest BCUT2D eigenvalue weighted by atomic mass is 10.1. The van der Waals surface area contributed by atoms with Crippen LogP contribution in [0.5, 0.6) is 0 Å². The van der Waals surface area contributed by atoms with Crippen LogP contribution in [0.1, 0.15) is 12.5 Å². The molecule has 4 nitrogen and oxygen atoms in total. The molecule has 1 aromatic rings. The molecule has 0 N–H and O–H groups in total. The van der Waals surface area contributed by atoms with Gasteiger partial charge in [-0.05, 0) is 25.0 Å². The van der Waals surface area contributed by atoms with Gasteiger partial charge in [-0.3, -0.25) is 4.79 Å². The molecule has 94 valence electrons. The second-order valence-electron chi connectivity index (χ2n) is 4.13. The number of amides is 2. The van der Waals surface area contributed by atoms with Gasteiger partial charge in [0.15, 0.2) is 0 Å². The summed E-state index contributed by atoms with van der Waals surface area (Å²) in [6.07, 6.45) is 3.06. The Morgan fingerprint density at radius 3 is 2.83 bits per heavy atom. The molecule has 1 aliphatic rings. The Labute approximate surface area is 106 Å². The highest BCUT2D eigenvalue weighted by molar-refractivity contribution is 5.99. The van der Waals surface area contributed by atoms with Gasteiger partial charge in [0.1, 0.15) is 6.61 Å². The van der Waals surface area contributed by atoms with Crippen LogP contribution >= 0.6 is 0 Å². The third-order valence-electron chi connectivity index (χ3n) is 2.82. The van der Waals surface area contributed by atoms with E-state index >= 15 is 0 Å². The quantitative estimate of drug-likeness (QED) is 0.766. The molecule has 1 atom stereocenters. The normalized spacial score (nSPS) is 19.3. The van der Waals surface area contributed by atoms with Crippen LogP contribution in [0.2, 0.25) is 0 Å². The Kier molecular flexibility index (Phi) is 3.77. The fourth-order valence-corrected chi connectivity index (χ4v) is 1.99. The van der Waals surface area contributed by atoms with E-state index in [1.807, 2.05) is 30.3 Å². The third-order valence-corrected chi connectivity index (χ3v) is 2.82. The van der Waals surface area contributed by atoms with Crippen LogP contribution in [0, 0.1) is 0 Å². The Balaban J connectivity index is 2.12. The number of imide groups is 1. The maximum absolute atomic E-state index is 11.8. The van der Waals surface area contributed by atoms with Crippen molar-refractivity contribution < 1.29 is 14.3 Å². The number of rotatable bonds is 3. The highest BCUT2D eigenvalue weighted by Gasteiger charge is 2.36. The molecule has 1 fully saturated rings. The molecule has 1 saturated heterocycles. The van der Waals surface area contributed by atoms with Crippen molar-refractivity contribution in [1.29, 1.82) is 0 Å². The van der Waals surface area contributed by atoms with Crippen molar-refractivity contribution in [3.8, 4) is 0 Å². The molecule has 0 spiro atoms. The van der Waals surface area contributed by atoms with Gasteiger partial charge in [0.2, 0.25) is 0 Å². The van der Waals surface area contributed by atoms with Crippen LogP contribution < -0.4 is 0 Å². The van der Waals surface area contributed by atoms with Gasteiger partial charge in [-0.25, -0.2) is 9.69 Å². The first-order valence-electron chi connectivity index (χ1n) is 5.89. The SMILES string of the molecule is CC=CC(=O)N1C(=O)OCC1Cc1ccccc1. The van der Waals surface area contributed by atoms with Crippen LogP contribution in [-0.4, -0.2) is 29.5 Å². The topological polar surface area (TPSA) is 46.6 Å². The van der Waals surface area contributed by atoms with Crippen LogP contribution in [0.4, 0.5) is 4.79 Å². The molecule has 4 heteroatoms. The third kappa shape index (κ3) is 2.59. The Bertz CT molecular complexity index is 467. The number of hydrogen-bond donors (Lipinski definition) is 0. The molecule has 18 heavy (non-hydrogen) atoms. The first-order chi connectivity index (χ1) is 8.72. The molecule has 1 heterocycles. The lowest BCUT2D eigenvalue weighted by Gasteiger charge is -2.17. The monoisotopic (exact) mass is 245 g/mol. The van der Waals surface area contributed by atoms with E-state index in [1.165, 1.54) is 11.0 Å². The molecule has 0 aliphatic carbocycles. The number of cyclic esters (lactones) is 1. The molecule has 0 aromatic heterocycles. The highest BCUT2D eigenvalue weighted by Crippen LogP contribution is 2.17. The number of ether oxygens (including phenoxy) is 1. The van der Waals surface area contributed by atoms with E-state index < -0.39 is 6.09 Å². The number of benzene rings is 1. The lowest BCUT2D eigenvalue weighted by Crippen LogP contribution is -2.39. The van der Waals surface area contributed by atoms with Gasteiger partial charge in [0.05, 0.1) is 6.04 Å². The van der Waals surface area contributed by atoms with Crippen LogP contribution in [0.3, 0.4) is 0 Å². The molecule has 1 aliphatic heterocycles. The maximum atomic E-state index is 11.8. The van der Waals surface area contributed by atoms with Crippen molar-refractivity contribution in [1.82, 2.24) is 4.90 Å². The summed E-state index contributed by atoms with van der Waals surface area (Å²) in [6, 6.07) is 9.53. The number of carbonyl (C=O) groups excluding carboxylic acids is 2. The van der Waals surface area contributed by atoms with E-state index in [9.17, 15) is 9.59 Å². The average molecular weight is 245 g/mol. The smallest absolute Gasteiger partial charge is 0.417 e. The first kappa shape index (κ1) is 12.4. The second kappa shape index (κ2) is 5.49. The van der Waals surface area contributed by atoms with Crippen molar-refractivity contribution in [2.45, 2.75) is 19.4 Å². The molecule has 1 unspecified atom stereocenters. The Morgan fingerprint density at radius 1 is 1.44 bits per heavy atom. The summed E-state index contributed by atoms with van der Waals surface area (Å²) in [5.41, 5.74) is 1.08. The zero-order valence-corrected chi connectivity index (χ0v) is 10.2. The summed E-state index contributed by atoms with van der Waals surface area (Å²) in [7, 11) is 0. The fraction of sp³-hybridized carbons (Fsp3) is 0.286. The van der Waals surface area contributed by atoms with E-state index in [4.69, 9.17) is 4.74 Å². The molecule has 0 radical (unpaired) electrons. The Hall–Kier alpha value is -2.10. The summed E-state index contributed by atoms with van der Waals surface area (Å²) in [6.45, 7) is 2.00. The molecule has 2 amide bonds. The molecule has 0 bridgehead atoms. The zero-order valence-electron chi connectivity index (χ0n) is 10.2. The summed E-state index contributed by atoms with van der Waals surface area (Å²) >= 11 is 0. The van der Waals surface area contributed by atoms with Gasteiger partial charge < -0.3 is 4.74 Å². The molecule has 2 rings (SSSR count). The van der Waals surface area contributed by atoms with Crippen LogP contribution in [0.25, 0.3) is 0 Å². The maximum Gasteiger partial charge on any atom is 0.417 e. The predicted molar refractivity (Wildman–Crippen MR) is 66.9 cm³/mol. The van der Waals surface area contributed by atoms with E-state index in [1.54, 1.807) is 13.0 Å². The number of allylic oxidation sites excluding steroid dienone is 1. The van der Waals surface area contributed by atoms with Gasteiger partial charge in [0, 0.05) is 0 Å². The van der Waals surface area contributed by atoms with Crippen molar-refractivity contribution in [2.75, 3.05) is 6.61 Å². The minimum absolute atomic E-state index is 0.219. The van der Waals surface area contributed by atoms with Crippen molar-refractivity contribution in [3.63, 3.8) is 0 Å². The zero-order chi connectivity index (χ0) is 13.0.